The van der Waals surface area contributed by atoms with Crippen molar-refractivity contribution in [2.45, 2.75) is 13.1 Å². The predicted molar refractivity (Wildman–Crippen MR) is 254 cm³/mol. The van der Waals surface area contributed by atoms with Crippen molar-refractivity contribution in [3.05, 3.63) is 205 Å². The average Bonchev–Trinajstić information content (AvgIpc) is 3.74. The van der Waals surface area contributed by atoms with Gasteiger partial charge >= 0.3 is 6.18 Å². The van der Waals surface area contributed by atoms with Crippen LogP contribution in [0, 0.1) is 6.92 Å². The molecular weight excluding hydrogens is 830 g/mol. The topological polar surface area (TPSA) is 90.5 Å². The lowest BCUT2D eigenvalue weighted by atomic mass is 9.98. The van der Waals surface area contributed by atoms with Gasteiger partial charge in [-0.05, 0) is 77.7 Å². The summed E-state index contributed by atoms with van der Waals surface area (Å²) < 4.78 is 46.7. The fraction of sp³-hybridized carbons (Fsp3) is 0.0357. The van der Waals surface area contributed by atoms with Gasteiger partial charge in [0.15, 0.2) is 34.9 Å². The highest BCUT2D eigenvalue weighted by atomic mass is 19.4. The minimum atomic E-state index is -4.46. The van der Waals surface area contributed by atoms with Gasteiger partial charge in [0, 0.05) is 44.2 Å². The van der Waals surface area contributed by atoms with Gasteiger partial charge in [-0.2, -0.15) is 13.2 Å². The Balaban J connectivity index is 0.952. The summed E-state index contributed by atoms with van der Waals surface area (Å²) in [5, 5.41) is 1.92. The molecule has 0 radical (unpaired) electrons. The molecule has 66 heavy (non-hydrogen) atoms. The molecule has 3 heterocycles. The number of benzene rings is 8. The van der Waals surface area contributed by atoms with Crippen molar-refractivity contribution in [1.82, 2.24) is 29.9 Å². The van der Waals surface area contributed by atoms with Crippen molar-refractivity contribution in [2.24, 2.45) is 0 Å². The molecule has 0 aliphatic carbocycles. The van der Waals surface area contributed by atoms with Gasteiger partial charge in [0.1, 0.15) is 11.2 Å². The highest BCUT2D eigenvalue weighted by molar-refractivity contribution is 6.07. The van der Waals surface area contributed by atoms with Crippen LogP contribution in [0.15, 0.2) is 199 Å². The highest BCUT2D eigenvalue weighted by Gasteiger charge is 2.30. The minimum absolute atomic E-state index is 0.267. The Morgan fingerprint density at radius 3 is 1.05 bits per heavy atom. The van der Waals surface area contributed by atoms with Crippen molar-refractivity contribution in [1.29, 1.82) is 0 Å². The van der Waals surface area contributed by atoms with Crippen LogP contribution in [0.4, 0.5) is 13.2 Å². The maximum Gasteiger partial charge on any atom is 0.416 e. The number of alkyl halides is 3. The van der Waals surface area contributed by atoms with E-state index < -0.39 is 11.7 Å². The lowest BCUT2D eigenvalue weighted by Crippen LogP contribution is -2.05. The van der Waals surface area contributed by atoms with Crippen molar-refractivity contribution in [2.75, 3.05) is 0 Å². The number of furan rings is 1. The Morgan fingerprint density at radius 1 is 0.318 bits per heavy atom. The Kier molecular flexibility index (Phi) is 10.0. The molecule has 10 heteroatoms. The molecule has 316 valence electrons. The number of aryl methyl sites for hydroxylation is 1. The molecule has 0 aliphatic rings. The van der Waals surface area contributed by atoms with Crippen molar-refractivity contribution < 1.29 is 17.6 Å². The van der Waals surface area contributed by atoms with Crippen LogP contribution in [0.1, 0.15) is 11.1 Å². The van der Waals surface area contributed by atoms with E-state index in [0.29, 0.717) is 34.7 Å². The molecular formula is C56H35F3N6O. The monoisotopic (exact) mass is 864 g/mol. The van der Waals surface area contributed by atoms with Crippen LogP contribution in [-0.2, 0) is 6.18 Å². The number of hydrogen-bond acceptors (Lipinski definition) is 7. The lowest BCUT2D eigenvalue weighted by molar-refractivity contribution is -0.137. The molecule has 8 aromatic carbocycles. The van der Waals surface area contributed by atoms with Gasteiger partial charge in [-0.15, -0.1) is 0 Å². The van der Waals surface area contributed by atoms with Crippen molar-refractivity contribution in [3.8, 4) is 90.6 Å². The highest BCUT2D eigenvalue weighted by Crippen LogP contribution is 2.37. The summed E-state index contributed by atoms with van der Waals surface area (Å²) in [5.74, 6) is 2.84. The molecule has 0 atom stereocenters. The second-order valence-corrected chi connectivity index (χ2v) is 16.0. The number of aromatic nitrogens is 6. The van der Waals surface area contributed by atoms with Crippen LogP contribution in [0.2, 0.25) is 0 Å². The first-order valence-corrected chi connectivity index (χ1v) is 21.2. The fourth-order valence-electron chi connectivity index (χ4n) is 8.02. The number of hydrogen-bond donors (Lipinski definition) is 0. The SMILES string of the molecule is Cc1ccc(-c2nc(-c3ccccc3)nc(-c3cccc(-c4ccc5oc6ccc(-c7cccc(-c8nc(-c9ccccc9)nc(-c9ccc(C(F)(F)F)cc9)n8)c7)cc6c5c4)c3)n2)cc1. The zero-order valence-electron chi connectivity index (χ0n) is 35.2. The molecule has 0 amide bonds. The first kappa shape index (κ1) is 40.2. The molecule has 0 saturated carbocycles. The van der Waals surface area contributed by atoms with Crippen LogP contribution in [0.3, 0.4) is 0 Å². The van der Waals surface area contributed by atoms with E-state index in [9.17, 15) is 13.2 Å². The maximum atomic E-state index is 13.4. The molecule has 0 saturated heterocycles. The molecule has 11 aromatic rings. The zero-order valence-corrected chi connectivity index (χ0v) is 35.2. The van der Waals surface area contributed by atoms with Crippen LogP contribution < -0.4 is 0 Å². The summed E-state index contributed by atoms with van der Waals surface area (Å²) in [7, 11) is 0. The van der Waals surface area contributed by atoms with E-state index >= 15 is 0 Å². The van der Waals surface area contributed by atoms with Gasteiger partial charge in [0.05, 0.1) is 5.56 Å². The molecule has 0 spiro atoms. The second kappa shape index (κ2) is 16.5. The van der Waals surface area contributed by atoms with Gasteiger partial charge < -0.3 is 4.42 Å². The smallest absolute Gasteiger partial charge is 0.416 e. The molecule has 11 rings (SSSR count). The Hall–Kier alpha value is -8.63. The Bertz CT molecular complexity index is 3580. The third-order valence-corrected chi connectivity index (χ3v) is 11.5. The summed E-state index contributed by atoms with van der Waals surface area (Å²) in [5.41, 5.74) is 10.4. The summed E-state index contributed by atoms with van der Waals surface area (Å²) in [6, 6.07) is 60.9. The lowest BCUT2D eigenvalue weighted by Gasteiger charge is -2.11. The molecule has 0 aliphatic heterocycles. The molecule has 0 bridgehead atoms. The third kappa shape index (κ3) is 7.96. The standard InChI is InChI=1S/C56H35F3N6O/c1-34-18-20-37(21-19-34)52-60-50(35-10-4-2-5-11-35)62-54(64-52)43-16-8-14-39(30-43)41-24-28-48-46(32-41)47-33-42(25-29-49(47)66-48)40-15-9-17-44(31-40)55-63-51(36-12-6-3-7-13-36)61-53(65-55)38-22-26-45(27-23-38)56(57,58)59/h2-33H,1H3. The average molecular weight is 865 g/mol. The molecule has 0 fully saturated rings. The normalized spacial score (nSPS) is 11.6. The predicted octanol–water partition coefficient (Wildman–Crippen LogP) is 14.6. The van der Waals surface area contributed by atoms with E-state index in [1.165, 1.54) is 12.1 Å². The van der Waals surface area contributed by atoms with Gasteiger partial charge in [-0.3, -0.25) is 0 Å². The Morgan fingerprint density at radius 2 is 0.636 bits per heavy atom. The van der Waals surface area contributed by atoms with E-state index in [2.05, 4.69) is 54.4 Å². The minimum Gasteiger partial charge on any atom is -0.456 e. The van der Waals surface area contributed by atoms with Gasteiger partial charge in [-0.25, -0.2) is 29.9 Å². The second-order valence-electron chi connectivity index (χ2n) is 16.0. The van der Waals surface area contributed by atoms with E-state index in [4.69, 9.17) is 29.3 Å². The third-order valence-electron chi connectivity index (χ3n) is 11.5. The summed E-state index contributed by atoms with van der Waals surface area (Å²) >= 11 is 0. The number of rotatable bonds is 8. The zero-order chi connectivity index (χ0) is 44.8. The first-order valence-electron chi connectivity index (χ1n) is 21.2. The van der Waals surface area contributed by atoms with E-state index in [1.54, 1.807) is 0 Å². The number of nitrogens with zero attached hydrogens (tertiary/aromatic N) is 6. The quantitative estimate of drug-likeness (QED) is 0.150. The first-order chi connectivity index (χ1) is 32.2. The molecule has 0 unspecified atom stereocenters. The van der Waals surface area contributed by atoms with Crippen molar-refractivity contribution >= 4 is 21.9 Å². The van der Waals surface area contributed by atoms with Gasteiger partial charge in [0.25, 0.3) is 0 Å². The largest absolute Gasteiger partial charge is 0.456 e. The van der Waals surface area contributed by atoms with Gasteiger partial charge in [0.2, 0.25) is 0 Å². The summed E-state index contributed by atoms with van der Waals surface area (Å²) in [6.45, 7) is 2.06. The van der Waals surface area contributed by atoms with E-state index in [0.717, 1.165) is 89.7 Å². The number of fused-ring (bicyclic) bond motifs is 3. The maximum absolute atomic E-state index is 13.4. The molecule has 3 aromatic heterocycles. The van der Waals surface area contributed by atoms with Crippen LogP contribution in [0.25, 0.3) is 113 Å². The van der Waals surface area contributed by atoms with E-state index in [-0.39, 0.29) is 5.82 Å². The van der Waals surface area contributed by atoms with Crippen LogP contribution in [0.5, 0.6) is 0 Å². The van der Waals surface area contributed by atoms with Crippen LogP contribution >= 0.6 is 0 Å². The molecule has 0 N–H and O–H groups in total. The number of halogens is 3. The Labute approximate surface area is 377 Å². The van der Waals surface area contributed by atoms with Crippen LogP contribution in [-0.4, -0.2) is 29.9 Å². The summed E-state index contributed by atoms with van der Waals surface area (Å²) in [4.78, 5) is 29.1. The fourth-order valence-corrected chi connectivity index (χ4v) is 8.02. The summed E-state index contributed by atoms with van der Waals surface area (Å²) in [6.07, 6.45) is -4.46. The van der Waals surface area contributed by atoms with Gasteiger partial charge in [-0.1, -0.05) is 151 Å². The molecule has 7 nitrogen and oxygen atoms in total. The van der Waals surface area contributed by atoms with E-state index in [1.807, 2.05) is 127 Å². The van der Waals surface area contributed by atoms with Crippen molar-refractivity contribution in [3.63, 3.8) is 0 Å².